The third kappa shape index (κ3) is 2.87. The van der Waals surface area contributed by atoms with E-state index in [-0.39, 0.29) is 17.6 Å². The van der Waals surface area contributed by atoms with Crippen molar-refractivity contribution in [1.29, 1.82) is 0 Å². The normalized spacial score (nSPS) is 12.2. The van der Waals surface area contributed by atoms with Gasteiger partial charge >= 0.3 is 0 Å². The number of nitrogens with two attached hydrogens (primary N) is 1. The third-order valence-electron chi connectivity index (χ3n) is 2.71. The van der Waals surface area contributed by atoms with Crippen LogP contribution in [0.15, 0.2) is 48.5 Å². The summed E-state index contributed by atoms with van der Waals surface area (Å²) in [7, 11) is 0. The Hall–Kier alpha value is -1.87. The van der Waals surface area contributed by atoms with Crippen LogP contribution in [-0.4, -0.2) is 0 Å². The maximum atomic E-state index is 13.7. The Balaban J connectivity index is 2.19. The average Bonchev–Trinajstić information content (AvgIpc) is 2.38. The SMILES string of the molecule is CC(N)c1cccc(F)c1OCc1ccccc1. The highest BCUT2D eigenvalue weighted by molar-refractivity contribution is 5.37. The topological polar surface area (TPSA) is 35.2 Å². The summed E-state index contributed by atoms with van der Waals surface area (Å²) in [5.74, 6) is -0.128. The molecular weight excluding hydrogens is 229 g/mol. The molecule has 2 rings (SSSR count). The lowest BCUT2D eigenvalue weighted by atomic mass is 10.1. The molecule has 2 aromatic carbocycles. The minimum atomic E-state index is -0.374. The van der Waals surface area contributed by atoms with Crippen LogP contribution in [0.3, 0.4) is 0 Å². The third-order valence-corrected chi connectivity index (χ3v) is 2.71. The molecule has 0 aromatic heterocycles. The molecule has 0 bridgehead atoms. The highest BCUT2D eigenvalue weighted by Gasteiger charge is 2.12. The average molecular weight is 245 g/mol. The Labute approximate surface area is 106 Å². The van der Waals surface area contributed by atoms with Crippen molar-refractivity contribution in [3.63, 3.8) is 0 Å². The highest BCUT2D eigenvalue weighted by Crippen LogP contribution is 2.27. The second-order valence-electron chi connectivity index (χ2n) is 4.22. The predicted octanol–water partition coefficient (Wildman–Crippen LogP) is 3.42. The zero-order valence-electron chi connectivity index (χ0n) is 10.3. The fourth-order valence-electron chi connectivity index (χ4n) is 1.77. The molecule has 0 aliphatic carbocycles. The van der Waals surface area contributed by atoms with Gasteiger partial charge in [0, 0.05) is 11.6 Å². The maximum Gasteiger partial charge on any atom is 0.165 e. The molecule has 0 radical (unpaired) electrons. The van der Waals surface area contributed by atoms with Gasteiger partial charge in [-0.15, -0.1) is 0 Å². The summed E-state index contributed by atoms with van der Waals surface area (Å²) in [6.07, 6.45) is 0. The van der Waals surface area contributed by atoms with Gasteiger partial charge in [0.25, 0.3) is 0 Å². The Morgan fingerprint density at radius 2 is 1.83 bits per heavy atom. The first-order chi connectivity index (χ1) is 8.68. The first kappa shape index (κ1) is 12.6. The van der Waals surface area contributed by atoms with Crippen molar-refractivity contribution in [2.24, 2.45) is 5.73 Å². The van der Waals surface area contributed by atoms with Crippen LogP contribution in [-0.2, 0) is 6.61 Å². The van der Waals surface area contributed by atoms with Crippen LogP contribution < -0.4 is 10.5 Å². The minimum absolute atomic E-state index is 0.247. The summed E-state index contributed by atoms with van der Waals surface area (Å²) in [6, 6.07) is 14.2. The summed E-state index contributed by atoms with van der Waals surface area (Å²) < 4.78 is 19.3. The highest BCUT2D eigenvalue weighted by atomic mass is 19.1. The van der Waals surface area contributed by atoms with E-state index in [0.717, 1.165) is 5.56 Å². The largest absolute Gasteiger partial charge is 0.485 e. The molecule has 94 valence electrons. The summed E-state index contributed by atoms with van der Waals surface area (Å²) in [6.45, 7) is 2.14. The lowest BCUT2D eigenvalue weighted by molar-refractivity contribution is 0.285. The molecule has 2 N–H and O–H groups in total. The van der Waals surface area contributed by atoms with Crippen molar-refractivity contribution in [3.05, 3.63) is 65.5 Å². The first-order valence-corrected chi connectivity index (χ1v) is 5.89. The smallest absolute Gasteiger partial charge is 0.165 e. The van der Waals surface area contributed by atoms with Crippen molar-refractivity contribution in [2.75, 3.05) is 0 Å². The molecule has 0 amide bonds. The van der Waals surface area contributed by atoms with Gasteiger partial charge in [-0.1, -0.05) is 42.5 Å². The molecule has 1 atom stereocenters. The van der Waals surface area contributed by atoms with Gasteiger partial charge in [0.05, 0.1) is 0 Å². The molecule has 0 saturated carbocycles. The van der Waals surface area contributed by atoms with Crippen molar-refractivity contribution in [3.8, 4) is 5.75 Å². The van der Waals surface area contributed by atoms with Gasteiger partial charge in [0.1, 0.15) is 6.61 Å². The summed E-state index contributed by atoms with van der Waals surface area (Å²) >= 11 is 0. The second-order valence-corrected chi connectivity index (χ2v) is 4.22. The van der Waals surface area contributed by atoms with E-state index in [2.05, 4.69) is 0 Å². The van der Waals surface area contributed by atoms with Gasteiger partial charge in [0.15, 0.2) is 11.6 Å². The lowest BCUT2D eigenvalue weighted by Crippen LogP contribution is -2.09. The number of hydrogen-bond acceptors (Lipinski definition) is 2. The van der Waals surface area contributed by atoms with Crippen molar-refractivity contribution >= 4 is 0 Å². The van der Waals surface area contributed by atoms with Crippen molar-refractivity contribution in [2.45, 2.75) is 19.6 Å². The van der Waals surface area contributed by atoms with Crippen molar-refractivity contribution < 1.29 is 9.13 Å². The van der Waals surface area contributed by atoms with Crippen LogP contribution in [0, 0.1) is 5.82 Å². The van der Waals surface area contributed by atoms with E-state index in [1.54, 1.807) is 12.1 Å². The molecule has 0 fully saturated rings. The molecule has 18 heavy (non-hydrogen) atoms. The van der Waals surface area contributed by atoms with E-state index in [4.69, 9.17) is 10.5 Å². The quantitative estimate of drug-likeness (QED) is 0.895. The fraction of sp³-hybridized carbons (Fsp3) is 0.200. The second kappa shape index (κ2) is 5.65. The maximum absolute atomic E-state index is 13.7. The van der Waals surface area contributed by atoms with Gasteiger partial charge in [-0.05, 0) is 18.6 Å². The molecule has 1 unspecified atom stereocenters. The van der Waals surface area contributed by atoms with Crippen LogP contribution in [0.2, 0.25) is 0 Å². The molecule has 3 heteroatoms. The number of para-hydroxylation sites is 1. The van der Waals surface area contributed by atoms with Gasteiger partial charge in [-0.25, -0.2) is 4.39 Å². The van der Waals surface area contributed by atoms with E-state index in [9.17, 15) is 4.39 Å². The number of benzene rings is 2. The fourth-order valence-corrected chi connectivity index (χ4v) is 1.77. The zero-order chi connectivity index (χ0) is 13.0. The van der Waals surface area contributed by atoms with Crippen molar-refractivity contribution in [1.82, 2.24) is 0 Å². The Bertz CT molecular complexity index is 511. The van der Waals surface area contributed by atoms with Gasteiger partial charge in [-0.3, -0.25) is 0 Å². The number of ether oxygens (including phenoxy) is 1. The number of rotatable bonds is 4. The first-order valence-electron chi connectivity index (χ1n) is 5.89. The van der Waals surface area contributed by atoms with Crippen LogP contribution in [0.4, 0.5) is 4.39 Å². The van der Waals surface area contributed by atoms with Gasteiger partial charge in [-0.2, -0.15) is 0 Å². The van der Waals surface area contributed by atoms with E-state index < -0.39 is 0 Å². The van der Waals surface area contributed by atoms with E-state index in [1.165, 1.54) is 6.07 Å². The van der Waals surface area contributed by atoms with E-state index >= 15 is 0 Å². The Kier molecular flexibility index (Phi) is 3.95. The zero-order valence-corrected chi connectivity index (χ0v) is 10.3. The Morgan fingerprint density at radius 1 is 1.11 bits per heavy atom. The summed E-state index contributed by atoms with van der Waals surface area (Å²) in [5, 5.41) is 0. The molecule has 0 aliphatic heterocycles. The standard InChI is InChI=1S/C15H16FNO/c1-11(17)13-8-5-9-14(16)15(13)18-10-12-6-3-2-4-7-12/h2-9,11H,10,17H2,1H3. The molecule has 0 heterocycles. The van der Waals surface area contributed by atoms with E-state index in [1.807, 2.05) is 37.3 Å². The molecule has 0 spiro atoms. The minimum Gasteiger partial charge on any atom is -0.485 e. The predicted molar refractivity (Wildman–Crippen MR) is 69.8 cm³/mol. The molecule has 2 nitrogen and oxygen atoms in total. The molecule has 2 aromatic rings. The van der Waals surface area contributed by atoms with Crippen LogP contribution in [0.1, 0.15) is 24.1 Å². The van der Waals surface area contributed by atoms with Crippen LogP contribution >= 0.6 is 0 Å². The van der Waals surface area contributed by atoms with Crippen LogP contribution in [0.5, 0.6) is 5.75 Å². The lowest BCUT2D eigenvalue weighted by Gasteiger charge is -2.14. The Morgan fingerprint density at radius 3 is 2.50 bits per heavy atom. The van der Waals surface area contributed by atoms with E-state index in [0.29, 0.717) is 12.2 Å². The van der Waals surface area contributed by atoms with Gasteiger partial charge in [0.2, 0.25) is 0 Å². The molecule has 0 aliphatic rings. The molecule has 0 saturated heterocycles. The monoisotopic (exact) mass is 245 g/mol. The summed E-state index contributed by atoms with van der Waals surface area (Å²) in [4.78, 5) is 0. The number of hydrogen-bond donors (Lipinski definition) is 1. The van der Waals surface area contributed by atoms with Crippen LogP contribution in [0.25, 0.3) is 0 Å². The van der Waals surface area contributed by atoms with Gasteiger partial charge < -0.3 is 10.5 Å². The number of halogens is 1. The summed E-state index contributed by atoms with van der Waals surface area (Å²) in [5.41, 5.74) is 7.49. The molecular formula is C15H16FNO.